The minimum Gasteiger partial charge on any atom is -0.314 e. The molecular weight excluding hydrogens is 174 g/mol. The molecule has 2 heterocycles. The maximum absolute atomic E-state index is 3.40. The van der Waals surface area contributed by atoms with Gasteiger partial charge in [0.25, 0.3) is 0 Å². The molecule has 3 nitrogen and oxygen atoms in total. The molecule has 2 aliphatic rings. The van der Waals surface area contributed by atoms with Gasteiger partial charge in [0, 0.05) is 50.8 Å². The molecule has 2 saturated heterocycles. The van der Waals surface area contributed by atoms with E-state index in [1.807, 2.05) is 0 Å². The Morgan fingerprint density at radius 1 is 1.07 bits per heavy atom. The molecule has 0 aromatic rings. The van der Waals surface area contributed by atoms with Crippen LogP contribution in [0.15, 0.2) is 0 Å². The van der Waals surface area contributed by atoms with Gasteiger partial charge in [0.1, 0.15) is 0 Å². The van der Waals surface area contributed by atoms with Crippen LogP contribution in [0.25, 0.3) is 0 Å². The Kier molecular flexibility index (Phi) is 2.82. The zero-order chi connectivity index (χ0) is 10.2. The van der Waals surface area contributed by atoms with Crippen LogP contribution in [-0.4, -0.2) is 60.6 Å². The smallest absolute Gasteiger partial charge is 0.0351 e. The monoisotopic (exact) mass is 197 g/mol. The summed E-state index contributed by atoms with van der Waals surface area (Å²) in [5, 5.41) is 3.40. The van der Waals surface area contributed by atoms with Crippen LogP contribution in [0.1, 0.15) is 20.8 Å². The van der Waals surface area contributed by atoms with Gasteiger partial charge < -0.3 is 5.32 Å². The molecule has 1 N–H and O–H groups in total. The molecular formula is C11H23N3. The minimum atomic E-state index is 0.366. The Hall–Kier alpha value is -0.120. The first-order valence-corrected chi connectivity index (χ1v) is 5.77. The van der Waals surface area contributed by atoms with Crippen molar-refractivity contribution in [1.82, 2.24) is 15.1 Å². The second kappa shape index (κ2) is 3.80. The first-order chi connectivity index (χ1) is 6.57. The predicted molar refractivity (Wildman–Crippen MR) is 59.6 cm³/mol. The van der Waals surface area contributed by atoms with E-state index in [0.29, 0.717) is 5.54 Å². The summed E-state index contributed by atoms with van der Waals surface area (Å²) in [7, 11) is 0. The predicted octanol–water partition coefficient (Wildman–Crippen LogP) is 0.374. The molecule has 0 aromatic heterocycles. The lowest BCUT2D eigenvalue weighted by atomic mass is 9.96. The second-order valence-electron chi connectivity index (χ2n) is 5.52. The van der Waals surface area contributed by atoms with Crippen molar-refractivity contribution in [2.24, 2.45) is 0 Å². The van der Waals surface area contributed by atoms with E-state index in [2.05, 4.69) is 35.9 Å². The van der Waals surface area contributed by atoms with E-state index in [0.717, 1.165) is 6.04 Å². The highest BCUT2D eigenvalue weighted by Crippen LogP contribution is 2.24. The SMILES string of the molecule is CC(C)(C)N1CC(N2CCNCC2)C1. The maximum Gasteiger partial charge on any atom is 0.0351 e. The summed E-state index contributed by atoms with van der Waals surface area (Å²) in [6.45, 7) is 14.3. The number of hydrogen-bond acceptors (Lipinski definition) is 3. The van der Waals surface area contributed by atoms with Crippen molar-refractivity contribution in [3.05, 3.63) is 0 Å². The zero-order valence-electron chi connectivity index (χ0n) is 9.71. The second-order valence-corrected chi connectivity index (χ2v) is 5.52. The standard InChI is InChI=1S/C11H23N3/c1-11(2,3)14-8-10(9-14)13-6-4-12-5-7-13/h10,12H,4-9H2,1-3H3. The van der Waals surface area contributed by atoms with Crippen LogP contribution in [0.3, 0.4) is 0 Å². The molecule has 0 atom stereocenters. The Bertz CT molecular complexity index is 185. The molecule has 2 aliphatic heterocycles. The van der Waals surface area contributed by atoms with Gasteiger partial charge in [-0.05, 0) is 20.8 Å². The lowest BCUT2D eigenvalue weighted by Crippen LogP contribution is -2.66. The van der Waals surface area contributed by atoms with Crippen LogP contribution in [-0.2, 0) is 0 Å². The molecule has 0 aromatic carbocycles. The lowest BCUT2D eigenvalue weighted by Gasteiger charge is -2.52. The summed E-state index contributed by atoms with van der Waals surface area (Å²) in [4.78, 5) is 5.21. The van der Waals surface area contributed by atoms with Crippen molar-refractivity contribution in [3.8, 4) is 0 Å². The van der Waals surface area contributed by atoms with Crippen molar-refractivity contribution in [3.63, 3.8) is 0 Å². The van der Waals surface area contributed by atoms with Crippen LogP contribution in [0.2, 0.25) is 0 Å². The molecule has 0 amide bonds. The van der Waals surface area contributed by atoms with E-state index in [-0.39, 0.29) is 0 Å². The van der Waals surface area contributed by atoms with E-state index < -0.39 is 0 Å². The molecule has 2 rings (SSSR count). The number of likely N-dealkylation sites (tertiary alicyclic amines) is 1. The lowest BCUT2D eigenvalue weighted by molar-refractivity contribution is -0.0257. The van der Waals surface area contributed by atoms with Crippen molar-refractivity contribution in [1.29, 1.82) is 0 Å². The number of rotatable bonds is 1. The Morgan fingerprint density at radius 2 is 1.64 bits per heavy atom. The van der Waals surface area contributed by atoms with Gasteiger partial charge in [0.15, 0.2) is 0 Å². The van der Waals surface area contributed by atoms with E-state index in [4.69, 9.17) is 0 Å². The maximum atomic E-state index is 3.40. The van der Waals surface area contributed by atoms with Crippen molar-refractivity contribution in [2.75, 3.05) is 39.3 Å². The molecule has 3 heteroatoms. The van der Waals surface area contributed by atoms with Crippen LogP contribution >= 0.6 is 0 Å². The van der Waals surface area contributed by atoms with Crippen molar-refractivity contribution in [2.45, 2.75) is 32.4 Å². The van der Waals surface area contributed by atoms with Gasteiger partial charge >= 0.3 is 0 Å². The summed E-state index contributed by atoms with van der Waals surface area (Å²) in [5.74, 6) is 0. The van der Waals surface area contributed by atoms with Gasteiger partial charge in [-0.1, -0.05) is 0 Å². The zero-order valence-corrected chi connectivity index (χ0v) is 9.71. The summed E-state index contributed by atoms with van der Waals surface area (Å²) >= 11 is 0. The number of hydrogen-bond donors (Lipinski definition) is 1. The highest BCUT2D eigenvalue weighted by atomic mass is 15.3. The molecule has 0 unspecified atom stereocenters. The van der Waals surface area contributed by atoms with Crippen molar-refractivity contribution >= 4 is 0 Å². The molecule has 82 valence electrons. The Morgan fingerprint density at radius 3 is 2.14 bits per heavy atom. The summed E-state index contributed by atoms with van der Waals surface area (Å²) in [6, 6.07) is 0.830. The van der Waals surface area contributed by atoms with Gasteiger partial charge in [0.2, 0.25) is 0 Å². The topological polar surface area (TPSA) is 18.5 Å². The highest BCUT2D eigenvalue weighted by Gasteiger charge is 2.37. The Balaban J connectivity index is 1.76. The third-order valence-corrected chi connectivity index (χ3v) is 3.48. The molecule has 0 radical (unpaired) electrons. The van der Waals surface area contributed by atoms with Gasteiger partial charge in [0.05, 0.1) is 0 Å². The van der Waals surface area contributed by atoms with Crippen molar-refractivity contribution < 1.29 is 0 Å². The highest BCUT2D eigenvalue weighted by molar-refractivity contribution is 4.95. The van der Waals surface area contributed by atoms with E-state index in [1.54, 1.807) is 0 Å². The fraction of sp³-hybridized carbons (Fsp3) is 1.00. The van der Waals surface area contributed by atoms with E-state index >= 15 is 0 Å². The largest absolute Gasteiger partial charge is 0.314 e. The minimum absolute atomic E-state index is 0.366. The van der Waals surface area contributed by atoms with E-state index in [9.17, 15) is 0 Å². The normalized spacial score (nSPS) is 27.6. The van der Waals surface area contributed by atoms with Crippen LogP contribution in [0, 0.1) is 0 Å². The quantitative estimate of drug-likeness (QED) is 0.655. The summed E-state index contributed by atoms with van der Waals surface area (Å²) in [5.41, 5.74) is 0.366. The number of piperazine rings is 1. The molecule has 2 fully saturated rings. The molecule has 0 saturated carbocycles. The average Bonchev–Trinajstić information content (AvgIpc) is 2.00. The fourth-order valence-corrected chi connectivity index (χ4v) is 2.28. The van der Waals surface area contributed by atoms with Crippen LogP contribution in [0.5, 0.6) is 0 Å². The van der Waals surface area contributed by atoms with Gasteiger partial charge in [-0.2, -0.15) is 0 Å². The Labute approximate surface area is 87.4 Å². The fourth-order valence-electron chi connectivity index (χ4n) is 2.28. The van der Waals surface area contributed by atoms with Gasteiger partial charge in [-0.25, -0.2) is 0 Å². The average molecular weight is 197 g/mol. The molecule has 14 heavy (non-hydrogen) atoms. The summed E-state index contributed by atoms with van der Waals surface area (Å²) < 4.78 is 0. The van der Waals surface area contributed by atoms with Gasteiger partial charge in [-0.3, -0.25) is 9.80 Å². The number of nitrogens with zero attached hydrogens (tertiary/aromatic N) is 2. The van der Waals surface area contributed by atoms with Crippen LogP contribution in [0.4, 0.5) is 0 Å². The first kappa shape index (κ1) is 10.4. The summed E-state index contributed by atoms with van der Waals surface area (Å²) in [6.07, 6.45) is 0. The van der Waals surface area contributed by atoms with E-state index in [1.165, 1.54) is 39.3 Å². The number of nitrogens with one attached hydrogen (secondary N) is 1. The first-order valence-electron chi connectivity index (χ1n) is 5.77. The van der Waals surface area contributed by atoms with Crippen LogP contribution < -0.4 is 5.32 Å². The van der Waals surface area contributed by atoms with Gasteiger partial charge in [-0.15, -0.1) is 0 Å². The molecule has 0 bridgehead atoms. The third-order valence-electron chi connectivity index (χ3n) is 3.48. The molecule has 0 spiro atoms. The third kappa shape index (κ3) is 2.10. The molecule has 0 aliphatic carbocycles.